The SMILES string of the molecule is CCCCC(=O)Nc1ccc(C(=O)N/N=C/c2ccc(C)cc2)cc1. The Labute approximate surface area is 148 Å². The summed E-state index contributed by atoms with van der Waals surface area (Å²) in [6, 6.07) is 14.6. The summed E-state index contributed by atoms with van der Waals surface area (Å²) >= 11 is 0. The van der Waals surface area contributed by atoms with Crippen LogP contribution in [-0.4, -0.2) is 18.0 Å². The van der Waals surface area contributed by atoms with Crippen LogP contribution in [0.25, 0.3) is 0 Å². The van der Waals surface area contributed by atoms with Gasteiger partial charge >= 0.3 is 0 Å². The van der Waals surface area contributed by atoms with E-state index in [2.05, 4.69) is 15.8 Å². The van der Waals surface area contributed by atoms with E-state index in [4.69, 9.17) is 0 Å². The van der Waals surface area contributed by atoms with Crippen molar-refractivity contribution in [3.05, 3.63) is 65.2 Å². The van der Waals surface area contributed by atoms with Crippen molar-refractivity contribution in [2.75, 3.05) is 5.32 Å². The number of hydrogen-bond acceptors (Lipinski definition) is 3. The van der Waals surface area contributed by atoms with Crippen LogP contribution in [0.3, 0.4) is 0 Å². The molecule has 0 aromatic heterocycles. The molecule has 130 valence electrons. The van der Waals surface area contributed by atoms with E-state index in [-0.39, 0.29) is 11.8 Å². The number of amides is 2. The van der Waals surface area contributed by atoms with Crippen molar-refractivity contribution < 1.29 is 9.59 Å². The van der Waals surface area contributed by atoms with Gasteiger partial charge < -0.3 is 5.32 Å². The molecule has 2 aromatic carbocycles. The molecule has 0 aliphatic heterocycles. The van der Waals surface area contributed by atoms with E-state index in [0.717, 1.165) is 18.4 Å². The largest absolute Gasteiger partial charge is 0.326 e. The van der Waals surface area contributed by atoms with Crippen LogP contribution in [-0.2, 0) is 4.79 Å². The van der Waals surface area contributed by atoms with E-state index in [0.29, 0.717) is 17.7 Å². The minimum atomic E-state index is -0.299. The summed E-state index contributed by atoms with van der Waals surface area (Å²) in [5, 5.41) is 6.77. The third-order valence-electron chi connectivity index (χ3n) is 3.65. The molecular formula is C20H23N3O2. The molecule has 0 bridgehead atoms. The number of anilines is 1. The van der Waals surface area contributed by atoms with Crippen LogP contribution in [0.5, 0.6) is 0 Å². The van der Waals surface area contributed by atoms with Gasteiger partial charge in [-0.25, -0.2) is 5.43 Å². The molecule has 0 fully saturated rings. The molecule has 0 spiro atoms. The van der Waals surface area contributed by atoms with Gasteiger partial charge in [0.05, 0.1) is 6.21 Å². The van der Waals surface area contributed by atoms with Crippen LogP contribution < -0.4 is 10.7 Å². The molecule has 25 heavy (non-hydrogen) atoms. The van der Waals surface area contributed by atoms with Gasteiger partial charge in [-0.15, -0.1) is 0 Å². The summed E-state index contributed by atoms with van der Waals surface area (Å²) in [6.45, 7) is 4.06. The molecule has 0 atom stereocenters. The topological polar surface area (TPSA) is 70.6 Å². The quantitative estimate of drug-likeness (QED) is 0.594. The first-order chi connectivity index (χ1) is 12.1. The van der Waals surface area contributed by atoms with Crippen LogP contribution >= 0.6 is 0 Å². The minimum Gasteiger partial charge on any atom is -0.326 e. The zero-order valence-electron chi connectivity index (χ0n) is 14.6. The number of unbranched alkanes of at least 4 members (excludes halogenated alkanes) is 1. The Hall–Kier alpha value is -2.95. The summed E-state index contributed by atoms with van der Waals surface area (Å²) < 4.78 is 0. The third kappa shape index (κ3) is 6.22. The maximum absolute atomic E-state index is 12.1. The highest BCUT2D eigenvalue weighted by Gasteiger charge is 2.05. The van der Waals surface area contributed by atoms with Crippen LogP contribution in [0.4, 0.5) is 5.69 Å². The van der Waals surface area contributed by atoms with Gasteiger partial charge in [0.1, 0.15) is 0 Å². The Morgan fingerprint density at radius 1 is 1.04 bits per heavy atom. The normalized spacial score (nSPS) is 10.6. The number of hydrazone groups is 1. The van der Waals surface area contributed by atoms with Crippen molar-refractivity contribution >= 4 is 23.7 Å². The van der Waals surface area contributed by atoms with Gasteiger partial charge in [0.2, 0.25) is 5.91 Å². The molecule has 0 aliphatic rings. The number of carbonyl (C=O) groups excluding carboxylic acids is 2. The summed E-state index contributed by atoms with van der Waals surface area (Å²) in [5.41, 5.74) is 5.74. The number of nitrogens with one attached hydrogen (secondary N) is 2. The third-order valence-corrected chi connectivity index (χ3v) is 3.65. The maximum Gasteiger partial charge on any atom is 0.271 e. The number of hydrogen-bond donors (Lipinski definition) is 2. The molecule has 5 nitrogen and oxygen atoms in total. The fourth-order valence-corrected chi connectivity index (χ4v) is 2.15. The standard InChI is InChI=1S/C20H23N3O2/c1-3-4-5-19(24)22-18-12-10-17(11-13-18)20(25)23-21-14-16-8-6-15(2)7-9-16/h6-14H,3-5H2,1-2H3,(H,22,24)(H,23,25)/b21-14+. The molecule has 0 saturated heterocycles. The minimum absolute atomic E-state index is 0.0123. The summed E-state index contributed by atoms with van der Waals surface area (Å²) in [5.74, 6) is -0.311. The molecule has 0 saturated carbocycles. The van der Waals surface area contributed by atoms with Gasteiger partial charge in [-0.1, -0.05) is 43.2 Å². The molecule has 2 amide bonds. The van der Waals surface area contributed by atoms with Crippen molar-refractivity contribution in [2.24, 2.45) is 5.10 Å². The Kier molecular flexibility index (Phi) is 6.89. The smallest absolute Gasteiger partial charge is 0.271 e. The van der Waals surface area contributed by atoms with Gasteiger partial charge in [0.25, 0.3) is 5.91 Å². The number of aryl methyl sites for hydroxylation is 1. The van der Waals surface area contributed by atoms with Crippen LogP contribution in [0.2, 0.25) is 0 Å². The van der Waals surface area contributed by atoms with Crippen molar-refractivity contribution in [3.63, 3.8) is 0 Å². The summed E-state index contributed by atoms with van der Waals surface area (Å²) in [7, 11) is 0. The highest BCUT2D eigenvalue weighted by molar-refractivity contribution is 5.96. The van der Waals surface area contributed by atoms with Crippen LogP contribution in [0.15, 0.2) is 53.6 Å². The number of benzene rings is 2. The fraction of sp³-hybridized carbons (Fsp3) is 0.250. The molecular weight excluding hydrogens is 314 g/mol. The van der Waals surface area contributed by atoms with Crippen LogP contribution in [0, 0.1) is 6.92 Å². The van der Waals surface area contributed by atoms with E-state index in [1.807, 2.05) is 38.1 Å². The molecule has 0 heterocycles. The Balaban J connectivity index is 1.87. The number of carbonyl (C=O) groups is 2. The van der Waals surface area contributed by atoms with Gasteiger partial charge in [-0.05, 0) is 43.2 Å². The molecule has 0 unspecified atom stereocenters. The van der Waals surface area contributed by atoms with Crippen LogP contribution in [0.1, 0.15) is 47.7 Å². The monoisotopic (exact) mass is 337 g/mol. The lowest BCUT2D eigenvalue weighted by atomic mass is 10.2. The lowest BCUT2D eigenvalue weighted by Crippen LogP contribution is -2.17. The molecule has 0 radical (unpaired) electrons. The van der Waals surface area contributed by atoms with Gasteiger partial charge in [0, 0.05) is 17.7 Å². The second-order valence-corrected chi connectivity index (χ2v) is 5.84. The lowest BCUT2D eigenvalue weighted by molar-refractivity contribution is -0.116. The maximum atomic E-state index is 12.1. The second kappa shape index (κ2) is 9.37. The van der Waals surface area contributed by atoms with Crippen molar-refractivity contribution in [2.45, 2.75) is 33.1 Å². The summed E-state index contributed by atoms with van der Waals surface area (Å²) in [4.78, 5) is 23.7. The average molecular weight is 337 g/mol. The van der Waals surface area contributed by atoms with E-state index in [1.54, 1.807) is 30.5 Å². The average Bonchev–Trinajstić information content (AvgIpc) is 2.62. The Morgan fingerprint density at radius 2 is 1.72 bits per heavy atom. The predicted octanol–water partition coefficient (Wildman–Crippen LogP) is 3.89. The van der Waals surface area contributed by atoms with Crippen molar-refractivity contribution in [3.8, 4) is 0 Å². The molecule has 5 heteroatoms. The molecule has 2 aromatic rings. The lowest BCUT2D eigenvalue weighted by Gasteiger charge is -2.05. The van der Waals surface area contributed by atoms with Gasteiger partial charge in [-0.3, -0.25) is 9.59 Å². The number of rotatable bonds is 7. The first kappa shape index (κ1) is 18.4. The van der Waals surface area contributed by atoms with E-state index >= 15 is 0 Å². The predicted molar refractivity (Wildman–Crippen MR) is 101 cm³/mol. The zero-order valence-corrected chi connectivity index (χ0v) is 14.6. The number of nitrogens with zero attached hydrogens (tertiary/aromatic N) is 1. The van der Waals surface area contributed by atoms with Crippen molar-refractivity contribution in [1.29, 1.82) is 0 Å². The van der Waals surface area contributed by atoms with E-state index < -0.39 is 0 Å². The van der Waals surface area contributed by atoms with E-state index in [1.165, 1.54) is 5.56 Å². The molecule has 2 rings (SSSR count). The fourth-order valence-electron chi connectivity index (χ4n) is 2.15. The van der Waals surface area contributed by atoms with Crippen molar-refractivity contribution in [1.82, 2.24) is 5.43 Å². The first-order valence-electron chi connectivity index (χ1n) is 8.38. The second-order valence-electron chi connectivity index (χ2n) is 5.84. The van der Waals surface area contributed by atoms with E-state index in [9.17, 15) is 9.59 Å². The summed E-state index contributed by atoms with van der Waals surface area (Å²) in [6.07, 6.45) is 3.95. The van der Waals surface area contributed by atoms with Gasteiger partial charge in [0.15, 0.2) is 0 Å². The highest BCUT2D eigenvalue weighted by Crippen LogP contribution is 2.10. The molecule has 0 aliphatic carbocycles. The Bertz CT molecular complexity index is 735. The zero-order chi connectivity index (χ0) is 18.1. The Morgan fingerprint density at radius 3 is 2.36 bits per heavy atom. The molecule has 2 N–H and O–H groups in total. The first-order valence-corrected chi connectivity index (χ1v) is 8.38. The highest BCUT2D eigenvalue weighted by atomic mass is 16.2. The van der Waals surface area contributed by atoms with Gasteiger partial charge in [-0.2, -0.15) is 5.10 Å².